The van der Waals surface area contributed by atoms with Crippen LogP contribution in [0.5, 0.6) is 0 Å². The van der Waals surface area contributed by atoms with Gasteiger partial charge >= 0.3 is 0 Å². The quantitative estimate of drug-likeness (QED) is 0.700. The molecule has 1 atom stereocenters. The van der Waals surface area contributed by atoms with Crippen LogP contribution < -0.4 is 10.5 Å². The van der Waals surface area contributed by atoms with Crippen molar-refractivity contribution in [3.8, 4) is 0 Å². The van der Waals surface area contributed by atoms with Crippen molar-refractivity contribution in [1.29, 1.82) is 0 Å². The van der Waals surface area contributed by atoms with Gasteiger partial charge in [0.05, 0.1) is 16.7 Å². The Morgan fingerprint density at radius 1 is 1.38 bits per heavy atom. The summed E-state index contributed by atoms with van der Waals surface area (Å²) in [4.78, 5) is 12.1. The first-order valence-electron chi connectivity index (χ1n) is 7.24. The monoisotopic (exact) mass is 369 g/mol. The van der Waals surface area contributed by atoms with Crippen LogP contribution in [0.25, 0.3) is 0 Å². The molecule has 10 heteroatoms. The number of carbonyl (C=O) groups is 1. The van der Waals surface area contributed by atoms with Gasteiger partial charge in [-0.3, -0.25) is 4.79 Å². The molecule has 24 heavy (non-hydrogen) atoms. The van der Waals surface area contributed by atoms with Crippen molar-refractivity contribution in [2.75, 3.05) is 5.75 Å². The van der Waals surface area contributed by atoms with Gasteiger partial charge in [-0.05, 0) is 31.5 Å². The van der Waals surface area contributed by atoms with Crippen molar-refractivity contribution in [2.45, 2.75) is 36.5 Å². The fraction of sp³-hybridized carbons (Fsp3) is 0.357. The normalized spacial score (nSPS) is 12.8. The molecular weight excluding hydrogens is 350 g/mol. The number of hydrogen-bond acceptors (Lipinski definition) is 6. The SMILES string of the molecule is CCn1cnnc1SCC(=O)N[C@H](C)c1ccc(S(N)(=O)=O)cc1. The van der Waals surface area contributed by atoms with E-state index in [1.165, 1.54) is 23.9 Å². The number of primary sulfonamides is 1. The Bertz CT molecular complexity index is 802. The Kier molecular flexibility index (Phi) is 5.97. The van der Waals surface area contributed by atoms with Gasteiger partial charge < -0.3 is 9.88 Å². The Balaban J connectivity index is 1.91. The molecule has 0 unspecified atom stereocenters. The number of aryl methyl sites for hydroxylation is 1. The number of rotatable bonds is 7. The van der Waals surface area contributed by atoms with Gasteiger partial charge in [0.15, 0.2) is 5.16 Å². The van der Waals surface area contributed by atoms with Crippen molar-refractivity contribution in [1.82, 2.24) is 20.1 Å². The number of aromatic nitrogens is 3. The molecule has 1 aromatic carbocycles. The number of benzene rings is 1. The van der Waals surface area contributed by atoms with Gasteiger partial charge in [0.1, 0.15) is 6.33 Å². The molecule has 0 aliphatic rings. The van der Waals surface area contributed by atoms with E-state index in [-0.39, 0.29) is 22.6 Å². The summed E-state index contributed by atoms with van der Waals surface area (Å²) < 4.78 is 24.3. The smallest absolute Gasteiger partial charge is 0.238 e. The van der Waals surface area contributed by atoms with Crippen LogP contribution in [0.1, 0.15) is 25.5 Å². The molecule has 0 aliphatic carbocycles. The van der Waals surface area contributed by atoms with Crippen LogP contribution in [0.15, 0.2) is 40.6 Å². The molecule has 0 radical (unpaired) electrons. The Labute approximate surface area is 144 Å². The first kappa shape index (κ1) is 18.4. The number of sulfonamides is 1. The highest BCUT2D eigenvalue weighted by molar-refractivity contribution is 7.99. The second-order valence-corrected chi connectivity index (χ2v) is 7.60. The average molecular weight is 369 g/mol. The molecule has 0 saturated carbocycles. The third kappa shape index (κ3) is 4.79. The minimum Gasteiger partial charge on any atom is -0.349 e. The average Bonchev–Trinajstić information content (AvgIpc) is 2.99. The zero-order valence-electron chi connectivity index (χ0n) is 13.3. The van der Waals surface area contributed by atoms with Crippen molar-refractivity contribution in [3.63, 3.8) is 0 Å². The molecule has 0 saturated heterocycles. The van der Waals surface area contributed by atoms with E-state index in [9.17, 15) is 13.2 Å². The van der Waals surface area contributed by atoms with E-state index < -0.39 is 10.0 Å². The molecular formula is C14H19N5O3S2. The van der Waals surface area contributed by atoms with Gasteiger partial charge in [0, 0.05) is 6.54 Å². The number of amides is 1. The number of nitrogens with one attached hydrogen (secondary N) is 1. The van der Waals surface area contributed by atoms with Crippen LogP contribution in [0.2, 0.25) is 0 Å². The van der Waals surface area contributed by atoms with Crippen LogP contribution >= 0.6 is 11.8 Å². The summed E-state index contributed by atoms with van der Waals surface area (Å²) >= 11 is 1.31. The van der Waals surface area contributed by atoms with Crippen molar-refractivity contribution in [3.05, 3.63) is 36.2 Å². The van der Waals surface area contributed by atoms with Crippen LogP contribution in [0, 0.1) is 0 Å². The number of carbonyl (C=O) groups excluding carboxylic acids is 1. The lowest BCUT2D eigenvalue weighted by Gasteiger charge is -2.14. The lowest BCUT2D eigenvalue weighted by atomic mass is 10.1. The van der Waals surface area contributed by atoms with Gasteiger partial charge in [-0.15, -0.1) is 10.2 Å². The Hall–Kier alpha value is -1.91. The maximum absolute atomic E-state index is 12.0. The van der Waals surface area contributed by atoms with E-state index in [1.54, 1.807) is 18.5 Å². The summed E-state index contributed by atoms with van der Waals surface area (Å²) in [6.07, 6.45) is 1.62. The molecule has 3 N–H and O–H groups in total. The van der Waals surface area contributed by atoms with Gasteiger partial charge in [-0.1, -0.05) is 23.9 Å². The van der Waals surface area contributed by atoms with E-state index in [2.05, 4.69) is 15.5 Å². The van der Waals surface area contributed by atoms with Crippen molar-refractivity contribution < 1.29 is 13.2 Å². The fourth-order valence-corrected chi connectivity index (χ4v) is 3.32. The first-order valence-corrected chi connectivity index (χ1v) is 9.77. The van der Waals surface area contributed by atoms with E-state index in [0.717, 1.165) is 12.1 Å². The predicted molar refractivity (Wildman–Crippen MR) is 90.8 cm³/mol. The van der Waals surface area contributed by atoms with Crippen LogP contribution in [-0.2, 0) is 21.4 Å². The predicted octanol–water partition coefficient (Wildman–Crippen LogP) is 0.915. The number of nitrogens with zero attached hydrogens (tertiary/aromatic N) is 3. The zero-order chi connectivity index (χ0) is 17.7. The van der Waals surface area contributed by atoms with E-state index in [4.69, 9.17) is 5.14 Å². The van der Waals surface area contributed by atoms with E-state index >= 15 is 0 Å². The lowest BCUT2D eigenvalue weighted by Crippen LogP contribution is -2.28. The molecule has 1 aromatic heterocycles. The maximum atomic E-state index is 12.0. The Morgan fingerprint density at radius 2 is 2.04 bits per heavy atom. The van der Waals surface area contributed by atoms with Crippen molar-refractivity contribution >= 4 is 27.7 Å². The molecule has 0 spiro atoms. The van der Waals surface area contributed by atoms with Crippen molar-refractivity contribution in [2.24, 2.45) is 5.14 Å². The highest BCUT2D eigenvalue weighted by Crippen LogP contribution is 2.17. The third-order valence-corrected chi connectivity index (χ3v) is 5.25. The lowest BCUT2D eigenvalue weighted by molar-refractivity contribution is -0.119. The standard InChI is InChI=1S/C14H19N5O3S2/c1-3-19-9-16-18-14(19)23-8-13(20)17-10(2)11-4-6-12(7-5-11)24(15,21)22/h4-7,9-10H,3,8H2,1-2H3,(H,17,20)(H2,15,21,22)/t10-/m1/s1. The minimum atomic E-state index is -3.71. The molecule has 2 aromatic rings. The summed E-state index contributed by atoms with van der Waals surface area (Å²) in [7, 11) is -3.71. The number of thioether (sulfide) groups is 1. The summed E-state index contributed by atoms with van der Waals surface area (Å²) in [5.41, 5.74) is 0.789. The molecule has 1 amide bonds. The second kappa shape index (κ2) is 7.77. The maximum Gasteiger partial charge on any atom is 0.238 e. The molecule has 130 valence electrons. The highest BCUT2D eigenvalue weighted by Gasteiger charge is 2.13. The van der Waals surface area contributed by atoms with Gasteiger partial charge in [0.25, 0.3) is 0 Å². The Morgan fingerprint density at radius 3 is 2.62 bits per heavy atom. The second-order valence-electron chi connectivity index (χ2n) is 5.09. The topological polar surface area (TPSA) is 120 Å². The molecule has 8 nitrogen and oxygen atoms in total. The summed E-state index contributed by atoms with van der Waals surface area (Å²) in [6.45, 7) is 4.54. The minimum absolute atomic E-state index is 0.0410. The molecule has 1 heterocycles. The van der Waals surface area contributed by atoms with Gasteiger partial charge in [0.2, 0.25) is 15.9 Å². The number of nitrogens with two attached hydrogens (primary N) is 1. The van der Waals surface area contributed by atoms with Crippen LogP contribution in [0.3, 0.4) is 0 Å². The first-order chi connectivity index (χ1) is 11.3. The number of hydrogen-bond donors (Lipinski definition) is 2. The molecule has 2 rings (SSSR count). The van der Waals surface area contributed by atoms with E-state index in [0.29, 0.717) is 5.16 Å². The van der Waals surface area contributed by atoms with Gasteiger partial charge in [-0.25, -0.2) is 13.6 Å². The summed E-state index contributed by atoms with van der Waals surface area (Å²) in [5, 5.41) is 16.4. The molecule has 0 aliphatic heterocycles. The zero-order valence-corrected chi connectivity index (χ0v) is 15.0. The highest BCUT2D eigenvalue weighted by atomic mass is 32.2. The van der Waals surface area contributed by atoms with Gasteiger partial charge in [-0.2, -0.15) is 0 Å². The van der Waals surface area contributed by atoms with Crippen LogP contribution in [0.4, 0.5) is 0 Å². The third-order valence-electron chi connectivity index (χ3n) is 3.34. The molecule has 0 bridgehead atoms. The largest absolute Gasteiger partial charge is 0.349 e. The molecule has 0 fully saturated rings. The fourth-order valence-electron chi connectivity index (χ4n) is 2.02. The van der Waals surface area contributed by atoms with Crippen LogP contribution in [-0.4, -0.2) is 34.8 Å². The summed E-state index contributed by atoms with van der Waals surface area (Å²) in [5.74, 6) is 0.0758. The van der Waals surface area contributed by atoms with E-state index in [1.807, 2.05) is 18.4 Å². The summed E-state index contributed by atoms with van der Waals surface area (Å²) in [6, 6.07) is 5.85.